The highest BCUT2D eigenvalue weighted by molar-refractivity contribution is 5.47. The molecule has 0 aliphatic carbocycles. The van der Waals surface area contributed by atoms with Crippen LogP contribution in [0.15, 0.2) is 42.5 Å². The van der Waals surface area contributed by atoms with Crippen molar-refractivity contribution in [3.05, 3.63) is 59.4 Å². The van der Waals surface area contributed by atoms with Crippen LogP contribution in [0.25, 0.3) is 0 Å². The predicted molar refractivity (Wildman–Crippen MR) is 79.0 cm³/mol. The fourth-order valence-corrected chi connectivity index (χ4v) is 2.15. The van der Waals surface area contributed by atoms with Gasteiger partial charge < -0.3 is 10.5 Å². The molecule has 2 aromatic rings. The number of hydrogen-bond donors (Lipinski definition) is 1. The number of rotatable bonds is 5. The molecule has 0 saturated heterocycles. The Morgan fingerprint density at radius 2 is 1.90 bits per heavy atom. The van der Waals surface area contributed by atoms with Gasteiger partial charge in [-0.1, -0.05) is 18.2 Å². The quantitative estimate of drug-likeness (QED) is 0.852. The third kappa shape index (κ3) is 3.48. The molecule has 0 saturated carbocycles. The van der Waals surface area contributed by atoms with Crippen LogP contribution < -0.4 is 10.5 Å². The molecule has 0 aliphatic heterocycles. The number of nitrogen functional groups attached to an aromatic ring is 1. The van der Waals surface area contributed by atoms with E-state index in [9.17, 15) is 4.39 Å². The third-order valence-corrected chi connectivity index (χ3v) is 3.17. The van der Waals surface area contributed by atoms with Crippen LogP contribution in [-0.4, -0.2) is 19.1 Å². The number of halogens is 1. The van der Waals surface area contributed by atoms with Crippen molar-refractivity contribution >= 4 is 5.69 Å². The van der Waals surface area contributed by atoms with Gasteiger partial charge in [-0.25, -0.2) is 4.39 Å². The molecule has 2 aromatic carbocycles. The number of methoxy groups -OCH3 is 1. The summed E-state index contributed by atoms with van der Waals surface area (Å²) in [7, 11) is 3.58. The van der Waals surface area contributed by atoms with Gasteiger partial charge in [-0.3, -0.25) is 4.90 Å². The normalized spacial score (nSPS) is 10.8. The number of anilines is 1. The molecule has 0 radical (unpaired) electrons. The van der Waals surface area contributed by atoms with Gasteiger partial charge in [-0.05, 0) is 36.9 Å². The molecule has 0 heterocycles. The molecule has 3 nitrogen and oxygen atoms in total. The van der Waals surface area contributed by atoms with Crippen LogP contribution in [0.1, 0.15) is 11.1 Å². The van der Waals surface area contributed by atoms with Crippen LogP contribution in [0.5, 0.6) is 5.75 Å². The average molecular weight is 274 g/mol. The molecule has 4 heteroatoms. The van der Waals surface area contributed by atoms with Crippen LogP contribution >= 0.6 is 0 Å². The molecular weight excluding hydrogens is 255 g/mol. The zero-order valence-corrected chi connectivity index (χ0v) is 11.8. The van der Waals surface area contributed by atoms with Crippen molar-refractivity contribution in [2.24, 2.45) is 0 Å². The number of ether oxygens (including phenoxy) is 1. The summed E-state index contributed by atoms with van der Waals surface area (Å²) in [6.07, 6.45) is 0. The smallest absolute Gasteiger partial charge is 0.129 e. The minimum Gasteiger partial charge on any atom is -0.497 e. The Morgan fingerprint density at radius 1 is 1.15 bits per heavy atom. The highest BCUT2D eigenvalue weighted by Crippen LogP contribution is 2.19. The first-order valence-corrected chi connectivity index (χ1v) is 6.44. The lowest BCUT2D eigenvalue weighted by Crippen LogP contribution is -2.19. The van der Waals surface area contributed by atoms with E-state index < -0.39 is 0 Å². The van der Waals surface area contributed by atoms with Gasteiger partial charge in [0.15, 0.2) is 0 Å². The molecule has 20 heavy (non-hydrogen) atoms. The molecule has 106 valence electrons. The van der Waals surface area contributed by atoms with E-state index in [1.807, 2.05) is 36.2 Å². The molecule has 0 spiro atoms. The first kappa shape index (κ1) is 14.3. The summed E-state index contributed by atoms with van der Waals surface area (Å²) in [5.41, 5.74) is 7.96. The summed E-state index contributed by atoms with van der Waals surface area (Å²) in [5, 5.41) is 0. The Morgan fingerprint density at radius 3 is 2.60 bits per heavy atom. The maximum absolute atomic E-state index is 13.7. The number of nitrogens with two attached hydrogens (primary N) is 1. The van der Waals surface area contributed by atoms with Crippen LogP contribution in [0.3, 0.4) is 0 Å². The third-order valence-electron chi connectivity index (χ3n) is 3.17. The Hall–Kier alpha value is -2.07. The molecule has 0 bridgehead atoms. The fraction of sp³-hybridized carbons (Fsp3) is 0.250. The van der Waals surface area contributed by atoms with Gasteiger partial charge in [0.25, 0.3) is 0 Å². The average Bonchev–Trinajstić information content (AvgIpc) is 2.43. The predicted octanol–water partition coefficient (Wildman–Crippen LogP) is 3.05. The van der Waals surface area contributed by atoms with Crippen molar-refractivity contribution in [1.82, 2.24) is 4.90 Å². The fourth-order valence-electron chi connectivity index (χ4n) is 2.15. The van der Waals surface area contributed by atoms with Crippen LogP contribution in [0, 0.1) is 5.82 Å². The summed E-state index contributed by atoms with van der Waals surface area (Å²) in [6.45, 7) is 1.17. The monoisotopic (exact) mass is 274 g/mol. The highest BCUT2D eigenvalue weighted by Gasteiger charge is 2.09. The molecule has 0 atom stereocenters. The van der Waals surface area contributed by atoms with E-state index >= 15 is 0 Å². The van der Waals surface area contributed by atoms with E-state index in [0.717, 1.165) is 11.3 Å². The molecular formula is C16H19FN2O. The van der Waals surface area contributed by atoms with Gasteiger partial charge in [0.2, 0.25) is 0 Å². The first-order chi connectivity index (χ1) is 9.60. The molecule has 2 N–H and O–H groups in total. The van der Waals surface area contributed by atoms with E-state index in [4.69, 9.17) is 10.5 Å². The first-order valence-electron chi connectivity index (χ1n) is 6.44. The lowest BCUT2D eigenvalue weighted by Gasteiger charge is -2.18. The van der Waals surface area contributed by atoms with Gasteiger partial charge in [-0.15, -0.1) is 0 Å². The Bertz CT molecular complexity index is 566. The van der Waals surface area contributed by atoms with E-state index in [0.29, 0.717) is 24.3 Å². The van der Waals surface area contributed by atoms with Gasteiger partial charge in [0.1, 0.15) is 11.6 Å². The van der Waals surface area contributed by atoms with Crippen LogP contribution in [-0.2, 0) is 13.1 Å². The second kappa shape index (κ2) is 6.39. The summed E-state index contributed by atoms with van der Waals surface area (Å²) < 4.78 is 18.9. The topological polar surface area (TPSA) is 38.5 Å². The van der Waals surface area contributed by atoms with Crippen molar-refractivity contribution in [2.75, 3.05) is 19.9 Å². The van der Waals surface area contributed by atoms with Crippen molar-refractivity contribution in [1.29, 1.82) is 0 Å². The van der Waals surface area contributed by atoms with Crippen molar-refractivity contribution in [2.45, 2.75) is 13.1 Å². The maximum Gasteiger partial charge on any atom is 0.129 e. The summed E-state index contributed by atoms with van der Waals surface area (Å²) in [5.74, 6) is 0.559. The molecule has 2 rings (SSSR count). The lowest BCUT2D eigenvalue weighted by atomic mass is 10.1. The molecule has 0 aromatic heterocycles. The van der Waals surface area contributed by atoms with Crippen LogP contribution in [0.4, 0.5) is 10.1 Å². The Balaban J connectivity index is 2.07. The summed E-state index contributed by atoms with van der Waals surface area (Å²) >= 11 is 0. The van der Waals surface area contributed by atoms with E-state index in [2.05, 4.69) is 0 Å². The van der Waals surface area contributed by atoms with Crippen molar-refractivity contribution in [3.63, 3.8) is 0 Å². The molecule has 0 fully saturated rings. The van der Waals surface area contributed by atoms with Crippen LogP contribution in [0.2, 0.25) is 0 Å². The van der Waals surface area contributed by atoms with Gasteiger partial charge >= 0.3 is 0 Å². The molecule has 0 unspecified atom stereocenters. The minimum absolute atomic E-state index is 0.262. The van der Waals surface area contributed by atoms with Crippen molar-refractivity contribution < 1.29 is 9.13 Å². The second-order valence-corrected chi connectivity index (χ2v) is 4.83. The largest absolute Gasteiger partial charge is 0.497 e. The minimum atomic E-state index is -0.262. The lowest BCUT2D eigenvalue weighted by molar-refractivity contribution is 0.313. The summed E-state index contributed by atoms with van der Waals surface area (Å²) in [6, 6.07) is 12.6. The number of nitrogens with zero attached hydrogens (tertiary/aromatic N) is 1. The Kier molecular flexibility index (Phi) is 4.58. The summed E-state index contributed by atoms with van der Waals surface area (Å²) in [4.78, 5) is 2.02. The SMILES string of the molecule is COc1cccc(CN(C)Cc2c(N)cccc2F)c1. The maximum atomic E-state index is 13.7. The number of benzene rings is 2. The highest BCUT2D eigenvalue weighted by atomic mass is 19.1. The van der Waals surface area contributed by atoms with Gasteiger partial charge in [0, 0.05) is 24.3 Å². The second-order valence-electron chi connectivity index (χ2n) is 4.83. The standard InChI is InChI=1S/C16H19FN2O/c1-19(10-12-5-3-6-13(9-12)20-2)11-14-15(17)7-4-8-16(14)18/h3-9H,10-11,18H2,1-2H3. The van der Waals surface area contributed by atoms with Crippen molar-refractivity contribution in [3.8, 4) is 5.75 Å². The molecule has 0 aliphatic rings. The van der Waals surface area contributed by atoms with E-state index in [1.165, 1.54) is 6.07 Å². The number of hydrogen-bond acceptors (Lipinski definition) is 3. The van der Waals surface area contributed by atoms with E-state index in [1.54, 1.807) is 19.2 Å². The zero-order valence-electron chi connectivity index (χ0n) is 11.8. The Labute approximate surface area is 118 Å². The van der Waals surface area contributed by atoms with Gasteiger partial charge in [-0.2, -0.15) is 0 Å². The van der Waals surface area contributed by atoms with E-state index in [-0.39, 0.29) is 5.82 Å². The molecule has 0 amide bonds. The zero-order chi connectivity index (χ0) is 14.5. The van der Waals surface area contributed by atoms with Gasteiger partial charge in [0.05, 0.1) is 7.11 Å².